The van der Waals surface area contributed by atoms with E-state index in [2.05, 4.69) is 29.7 Å². The maximum Gasteiger partial charge on any atom is 0.120 e. The number of hydrogen-bond donors (Lipinski definition) is 2. The number of benzene rings is 1. The summed E-state index contributed by atoms with van der Waals surface area (Å²) in [7, 11) is 1.69. The van der Waals surface area contributed by atoms with E-state index in [0.717, 1.165) is 29.9 Å². The second-order valence-electron chi connectivity index (χ2n) is 3.57. The Labute approximate surface area is 95.1 Å². The van der Waals surface area contributed by atoms with Gasteiger partial charge in [0.15, 0.2) is 0 Å². The van der Waals surface area contributed by atoms with Gasteiger partial charge in [0, 0.05) is 17.3 Å². The van der Waals surface area contributed by atoms with Crippen LogP contribution in [0, 0.1) is 0 Å². The fourth-order valence-electron chi connectivity index (χ4n) is 1.70. The number of nitrogens with one attached hydrogen (secondary N) is 1. The molecule has 1 aromatic heterocycles. The van der Waals surface area contributed by atoms with Gasteiger partial charge in [0.1, 0.15) is 5.75 Å². The second kappa shape index (κ2) is 4.62. The van der Waals surface area contributed by atoms with Crippen LogP contribution in [0.5, 0.6) is 5.75 Å². The third-order valence-corrected chi connectivity index (χ3v) is 2.81. The largest absolute Gasteiger partial charge is 0.497 e. The monoisotopic (exact) mass is 221 g/mol. The van der Waals surface area contributed by atoms with Crippen molar-refractivity contribution in [3.63, 3.8) is 0 Å². The molecule has 0 fully saturated rings. The number of aryl methyl sites for hydroxylation is 1. The van der Waals surface area contributed by atoms with Crippen molar-refractivity contribution >= 4 is 23.5 Å². The minimum absolute atomic E-state index is 0.894. The molecule has 2 rings (SSSR count). The number of aromatic amines is 1. The van der Waals surface area contributed by atoms with Gasteiger partial charge in [-0.05, 0) is 42.2 Å². The van der Waals surface area contributed by atoms with Gasteiger partial charge in [0.2, 0.25) is 0 Å². The molecule has 0 aliphatic carbocycles. The Hall–Kier alpha value is -1.09. The van der Waals surface area contributed by atoms with Crippen LogP contribution in [0.25, 0.3) is 10.9 Å². The molecule has 2 nitrogen and oxygen atoms in total. The van der Waals surface area contributed by atoms with Crippen molar-refractivity contribution in [1.82, 2.24) is 4.98 Å². The van der Waals surface area contributed by atoms with E-state index in [-0.39, 0.29) is 0 Å². The average Bonchev–Trinajstić information content (AvgIpc) is 2.67. The minimum Gasteiger partial charge on any atom is -0.497 e. The zero-order valence-electron chi connectivity index (χ0n) is 8.79. The van der Waals surface area contributed by atoms with Crippen LogP contribution >= 0.6 is 12.6 Å². The SMILES string of the molecule is COc1ccc2cc(CCCS)[nH]c2c1. The normalized spacial score (nSPS) is 10.8. The molecule has 0 saturated heterocycles. The minimum atomic E-state index is 0.894. The summed E-state index contributed by atoms with van der Waals surface area (Å²) >= 11 is 4.21. The summed E-state index contributed by atoms with van der Waals surface area (Å²) < 4.78 is 5.18. The highest BCUT2D eigenvalue weighted by atomic mass is 32.1. The number of rotatable bonds is 4. The van der Waals surface area contributed by atoms with E-state index in [4.69, 9.17) is 4.74 Å². The van der Waals surface area contributed by atoms with Gasteiger partial charge < -0.3 is 9.72 Å². The highest BCUT2D eigenvalue weighted by Gasteiger charge is 2.01. The highest BCUT2D eigenvalue weighted by molar-refractivity contribution is 7.80. The smallest absolute Gasteiger partial charge is 0.120 e. The van der Waals surface area contributed by atoms with E-state index in [1.54, 1.807) is 7.11 Å². The zero-order chi connectivity index (χ0) is 10.7. The molecule has 0 bridgehead atoms. The Morgan fingerprint density at radius 1 is 1.33 bits per heavy atom. The predicted molar refractivity (Wildman–Crippen MR) is 67.0 cm³/mol. The van der Waals surface area contributed by atoms with Crippen LogP contribution in [-0.2, 0) is 6.42 Å². The molecule has 0 spiro atoms. The molecule has 1 aromatic carbocycles. The number of thiol groups is 1. The van der Waals surface area contributed by atoms with Gasteiger partial charge >= 0.3 is 0 Å². The summed E-state index contributed by atoms with van der Waals surface area (Å²) in [5, 5.41) is 1.24. The predicted octanol–water partition coefficient (Wildman–Crippen LogP) is 3.04. The van der Waals surface area contributed by atoms with E-state index in [0.29, 0.717) is 0 Å². The van der Waals surface area contributed by atoms with E-state index in [1.807, 2.05) is 12.1 Å². The Kier molecular flexibility index (Phi) is 3.21. The number of fused-ring (bicyclic) bond motifs is 1. The first-order valence-electron chi connectivity index (χ1n) is 5.10. The molecule has 0 aliphatic rings. The standard InChI is InChI=1S/C12H15NOS/c1-14-11-5-4-9-7-10(3-2-6-15)13-12(9)8-11/h4-5,7-8,13,15H,2-3,6H2,1H3. The van der Waals surface area contributed by atoms with Gasteiger partial charge in [-0.2, -0.15) is 12.6 Å². The molecule has 0 amide bonds. The lowest BCUT2D eigenvalue weighted by Gasteiger charge is -1.97. The first-order chi connectivity index (χ1) is 7.33. The van der Waals surface area contributed by atoms with E-state index in [9.17, 15) is 0 Å². The molecule has 0 unspecified atom stereocenters. The molecule has 0 saturated carbocycles. The van der Waals surface area contributed by atoms with Gasteiger partial charge in [-0.1, -0.05) is 0 Å². The van der Waals surface area contributed by atoms with Gasteiger partial charge in [-0.25, -0.2) is 0 Å². The molecule has 2 aromatic rings. The Morgan fingerprint density at radius 2 is 2.20 bits per heavy atom. The topological polar surface area (TPSA) is 25.0 Å². The lowest BCUT2D eigenvalue weighted by Crippen LogP contribution is -1.85. The van der Waals surface area contributed by atoms with Crippen molar-refractivity contribution in [3.05, 3.63) is 30.0 Å². The van der Waals surface area contributed by atoms with Crippen LogP contribution in [0.4, 0.5) is 0 Å². The quantitative estimate of drug-likeness (QED) is 0.762. The van der Waals surface area contributed by atoms with E-state index < -0.39 is 0 Å². The summed E-state index contributed by atoms with van der Waals surface area (Å²) in [4.78, 5) is 3.39. The fraction of sp³-hybridized carbons (Fsp3) is 0.333. The number of methoxy groups -OCH3 is 1. The van der Waals surface area contributed by atoms with Crippen molar-refractivity contribution in [2.45, 2.75) is 12.8 Å². The zero-order valence-corrected chi connectivity index (χ0v) is 9.68. The molecule has 0 atom stereocenters. The number of ether oxygens (including phenoxy) is 1. The Morgan fingerprint density at radius 3 is 2.93 bits per heavy atom. The maximum atomic E-state index is 5.18. The molecular formula is C12H15NOS. The Bertz CT molecular complexity index is 450. The summed E-state index contributed by atoms with van der Waals surface area (Å²) in [6, 6.07) is 8.28. The number of H-pyrrole nitrogens is 1. The van der Waals surface area contributed by atoms with Crippen molar-refractivity contribution in [2.24, 2.45) is 0 Å². The van der Waals surface area contributed by atoms with E-state index in [1.165, 1.54) is 11.1 Å². The molecule has 80 valence electrons. The summed E-state index contributed by atoms with van der Waals surface area (Å²) in [6.45, 7) is 0. The Balaban J connectivity index is 2.29. The van der Waals surface area contributed by atoms with Crippen molar-refractivity contribution in [3.8, 4) is 5.75 Å². The van der Waals surface area contributed by atoms with Crippen LogP contribution < -0.4 is 4.74 Å². The lowest BCUT2D eigenvalue weighted by atomic mass is 10.2. The van der Waals surface area contributed by atoms with Gasteiger partial charge in [0.05, 0.1) is 7.11 Å². The molecule has 0 radical (unpaired) electrons. The molecule has 0 aliphatic heterocycles. The molecular weight excluding hydrogens is 206 g/mol. The van der Waals surface area contributed by atoms with Crippen LogP contribution in [0.15, 0.2) is 24.3 Å². The van der Waals surface area contributed by atoms with Crippen LogP contribution in [0.1, 0.15) is 12.1 Å². The summed E-state index contributed by atoms with van der Waals surface area (Å²) in [5.74, 6) is 1.82. The number of hydrogen-bond acceptors (Lipinski definition) is 2. The lowest BCUT2D eigenvalue weighted by molar-refractivity contribution is 0.415. The summed E-state index contributed by atoms with van der Waals surface area (Å²) in [5.41, 5.74) is 2.41. The second-order valence-corrected chi connectivity index (χ2v) is 4.02. The van der Waals surface area contributed by atoms with Crippen molar-refractivity contribution < 1.29 is 4.74 Å². The van der Waals surface area contributed by atoms with Gasteiger partial charge in [0.25, 0.3) is 0 Å². The fourth-order valence-corrected chi connectivity index (χ4v) is 1.86. The van der Waals surface area contributed by atoms with Gasteiger partial charge in [-0.15, -0.1) is 0 Å². The molecule has 15 heavy (non-hydrogen) atoms. The molecule has 1 heterocycles. The third-order valence-electron chi connectivity index (χ3n) is 2.49. The first kappa shape index (κ1) is 10.4. The average molecular weight is 221 g/mol. The summed E-state index contributed by atoms with van der Waals surface area (Å²) in [6.07, 6.45) is 2.16. The number of aromatic nitrogens is 1. The third kappa shape index (κ3) is 2.29. The van der Waals surface area contributed by atoms with Crippen LogP contribution in [0.3, 0.4) is 0 Å². The highest BCUT2D eigenvalue weighted by Crippen LogP contribution is 2.21. The molecule has 3 heteroatoms. The van der Waals surface area contributed by atoms with Crippen molar-refractivity contribution in [2.75, 3.05) is 12.9 Å². The van der Waals surface area contributed by atoms with E-state index >= 15 is 0 Å². The first-order valence-corrected chi connectivity index (χ1v) is 5.73. The van der Waals surface area contributed by atoms with Crippen molar-refractivity contribution in [1.29, 1.82) is 0 Å². The van der Waals surface area contributed by atoms with Gasteiger partial charge in [-0.3, -0.25) is 0 Å². The molecule has 1 N–H and O–H groups in total. The van der Waals surface area contributed by atoms with Crippen LogP contribution in [-0.4, -0.2) is 17.8 Å². The maximum absolute atomic E-state index is 5.18. The van der Waals surface area contributed by atoms with Crippen LogP contribution in [0.2, 0.25) is 0 Å².